The zero-order valence-corrected chi connectivity index (χ0v) is 10.2. The fourth-order valence-electron chi connectivity index (χ4n) is 2.51. The number of aromatic nitrogens is 1. The summed E-state index contributed by atoms with van der Waals surface area (Å²) in [5, 5.41) is 19.1. The quantitative estimate of drug-likeness (QED) is 0.781. The molecule has 1 aromatic rings. The second-order valence-corrected chi connectivity index (χ2v) is 5.09. The van der Waals surface area contributed by atoms with E-state index in [4.69, 9.17) is 4.74 Å². The van der Waals surface area contributed by atoms with Crippen LogP contribution in [-0.4, -0.2) is 27.9 Å². The number of nitrogens with zero attached hydrogens (tertiary/aromatic N) is 1. The van der Waals surface area contributed by atoms with Crippen molar-refractivity contribution < 1.29 is 19.7 Å². The Morgan fingerprint density at radius 2 is 1.94 bits per heavy atom. The molecule has 2 rings (SSSR count). The number of ether oxygens (including phenoxy) is 1. The van der Waals surface area contributed by atoms with E-state index in [-0.39, 0.29) is 35.0 Å². The maximum Gasteiger partial charge on any atom is 0.309 e. The van der Waals surface area contributed by atoms with Gasteiger partial charge in [0.05, 0.1) is 13.0 Å². The van der Waals surface area contributed by atoms with Gasteiger partial charge in [-0.3, -0.25) is 9.36 Å². The van der Waals surface area contributed by atoms with Crippen molar-refractivity contribution in [1.29, 1.82) is 0 Å². The molecule has 0 bridgehead atoms. The Morgan fingerprint density at radius 1 is 1.41 bits per heavy atom. The number of hydrogen-bond acceptors (Lipinski definition) is 4. The molecule has 0 aliphatic heterocycles. The second kappa shape index (κ2) is 3.68. The van der Waals surface area contributed by atoms with Gasteiger partial charge in [0.2, 0.25) is 0 Å². The molecule has 0 radical (unpaired) electrons. The fraction of sp³-hybridized carbons (Fsp3) is 0.583. The molecule has 1 heterocycles. The Bertz CT molecular complexity index is 430. The Hall–Kier alpha value is -1.65. The first kappa shape index (κ1) is 11.8. The van der Waals surface area contributed by atoms with Crippen molar-refractivity contribution in [2.75, 3.05) is 7.11 Å². The highest BCUT2D eigenvalue weighted by Crippen LogP contribution is 2.59. The summed E-state index contributed by atoms with van der Waals surface area (Å²) in [6.45, 7) is 4.38. The molecule has 94 valence electrons. The van der Waals surface area contributed by atoms with E-state index in [0.717, 1.165) is 0 Å². The smallest absolute Gasteiger partial charge is 0.309 e. The molecule has 5 heteroatoms. The Balaban J connectivity index is 2.14. The minimum atomic E-state index is -0.230. The number of hydrogen-bond donors (Lipinski definition) is 2. The van der Waals surface area contributed by atoms with Crippen LogP contribution in [0.1, 0.15) is 13.8 Å². The molecule has 0 aromatic carbocycles. The summed E-state index contributed by atoms with van der Waals surface area (Å²) in [6, 6.07) is 2.86. The summed E-state index contributed by atoms with van der Waals surface area (Å²) >= 11 is 0. The van der Waals surface area contributed by atoms with Gasteiger partial charge in [-0.1, -0.05) is 13.8 Å². The summed E-state index contributed by atoms with van der Waals surface area (Å²) in [5.41, 5.74) is -0.157. The van der Waals surface area contributed by atoms with Crippen LogP contribution >= 0.6 is 0 Å². The van der Waals surface area contributed by atoms with Crippen LogP contribution in [-0.2, 0) is 16.1 Å². The lowest BCUT2D eigenvalue weighted by Gasteiger charge is -2.07. The third kappa shape index (κ3) is 1.75. The molecule has 0 spiro atoms. The molecular weight excluding hydrogens is 222 g/mol. The number of carbonyl (C=O) groups is 1. The lowest BCUT2D eigenvalue weighted by atomic mass is 10.1. The van der Waals surface area contributed by atoms with Gasteiger partial charge in [0.15, 0.2) is 11.8 Å². The van der Waals surface area contributed by atoms with Crippen LogP contribution in [0.2, 0.25) is 0 Å². The first-order valence-corrected chi connectivity index (χ1v) is 5.55. The molecule has 1 fully saturated rings. The van der Waals surface area contributed by atoms with E-state index < -0.39 is 0 Å². The highest BCUT2D eigenvalue weighted by molar-refractivity contribution is 5.77. The largest absolute Gasteiger partial charge is 0.494 e. The predicted octanol–water partition coefficient (Wildman–Crippen LogP) is 1.34. The van der Waals surface area contributed by atoms with Crippen LogP contribution in [0, 0.1) is 17.3 Å². The van der Waals surface area contributed by atoms with Crippen molar-refractivity contribution in [3.05, 3.63) is 12.1 Å². The van der Waals surface area contributed by atoms with Gasteiger partial charge in [0.1, 0.15) is 0 Å². The van der Waals surface area contributed by atoms with E-state index in [0.29, 0.717) is 6.54 Å². The predicted molar refractivity (Wildman–Crippen MR) is 60.5 cm³/mol. The molecule has 1 aliphatic rings. The maximum absolute atomic E-state index is 11.5. The number of esters is 1. The highest BCUT2D eigenvalue weighted by atomic mass is 16.5. The van der Waals surface area contributed by atoms with E-state index in [1.807, 2.05) is 13.8 Å². The zero-order chi connectivity index (χ0) is 12.8. The molecule has 2 atom stereocenters. The fourth-order valence-corrected chi connectivity index (χ4v) is 2.51. The van der Waals surface area contributed by atoms with Gasteiger partial charge in [-0.05, 0) is 11.3 Å². The van der Waals surface area contributed by atoms with E-state index in [2.05, 4.69) is 0 Å². The first-order valence-electron chi connectivity index (χ1n) is 5.55. The molecule has 5 nitrogen and oxygen atoms in total. The van der Waals surface area contributed by atoms with Crippen molar-refractivity contribution in [2.45, 2.75) is 20.4 Å². The van der Waals surface area contributed by atoms with Gasteiger partial charge >= 0.3 is 5.97 Å². The Morgan fingerprint density at radius 3 is 2.41 bits per heavy atom. The van der Waals surface area contributed by atoms with Crippen LogP contribution in [0.5, 0.6) is 11.8 Å². The summed E-state index contributed by atoms with van der Waals surface area (Å²) in [6.07, 6.45) is 0. The average Bonchev–Trinajstić information content (AvgIpc) is 2.67. The third-order valence-electron chi connectivity index (χ3n) is 3.82. The lowest BCUT2D eigenvalue weighted by molar-refractivity contribution is -0.143. The molecule has 17 heavy (non-hydrogen) atoms. The molecule has 2 N–H and O–H groups in total. The van der Waals surface area contributed by atoms with Crippen LogP contribution < -0.4 is 0 Å². The third-order valence-corrected chi connectivity index (χ3v) is 3.82. The molecule has 0 saturated heterocycles. The van der Waals surface area contributed by atoms with Gasteiger partial charge in [-0.15, -0.1) is 0 Å². The van der Waals surface area contributed by atoms with E-state index >= 15 is 0 Å². The minimum Gasteiger partial charge on any atom is -0.494 e. The highest BCUT2D eigenvalue weighted by Gasteiger charge is 2.62. The van der Waals surface area contributed by atoms with E-state index in [1.165, 1.54) is 23.8 Å². The molecule has 1 aliphatic carbocycles. The normalized spacial score (nSPS) is 25.6. The summed E-state index contributed by atoms with van der Waals surface area (Å²) in [5.74, 6) is -0.318. The average molecular weight is 239 g/mol. The van der Waals surface area contributed by atoms with Crippen LogP contribution in [0.15, 0.2) is 12.1 Å². The maximum atomic E-state index is 11.5. The molecule has 2 unspecified atom stereocenters. The summed E-state index contributed by atoms with van der Waals surface area (Å²) < 4.78 is 6.14. The van der Waals surface area contributed by atoms with Crippen molar-refractivity contribution in [1.82, 2.24) is 4.57 Å². The van der Waals surface area contributed by atoms with Gasteiger partial charge in [-0.25, -0.2) is 0 Å². The molecule has 1 aromatic heterocycles. The summed E-state index contributed by atoms with van der Waals surface area (Å²) in [4.78, 5) is 11.5. The van der Waals surface area contributed by atoms with Crippen molar-refractivity contribution >= 4 is 5.97 Å². The number of aromatic hydroxyl groups is 2. The minimum absolute atomic E-state index is 0.00816. The second-order valence-electron chi connectivity index (χ2n) is 5.09. The van der Waals surface area contributed by atoms with Crippen molar-refractivity contribution in [3.8, 4) is 11.8 Å². The van der Waals surface area contributed by atoms with E-state index in [9.17, 15) is 15.0 Å². The Labute approximate surface area is 99.6 Å². The number of rotatable bonds is 3. The van der Waals surface area contributed by atoms with Gasteiger partial charge in [0.25, 0.3) is 0 Å². The molecular formula is C12H17NO4. The standard InChI is InChI=1S/C12H17NO4/c1-12(2)7(10(12)11(16)17-3)6-13-8(14)4-5-9(13)15/h4-5,7,10,14-15H,6H2,1-3H3. The first-order chi connectivity index (χ1) is 7.89. The van der Waals surface area contributed by atoms with Crippen LogP contribution in [0.25, 0.3) is 0 Å². The van der Waals surface area contributed by atoms with Gasteiger partial charge in [-0.2, -0.15) is 0 Å². The van der Waals surface area contributed by atoms with Gasteiger partial charge in [0, 0.05) is 18.7 Å². The molecule has 1 saturated carbocycles. The topological polar surface area (TPSA) is 71.7 Å². The SMILES string of the molecule is COC(=O)C1C(Cn2c(O)ccc2O)C1(C)C. The number of carbonyl (C=O) groups excluding carboxylic acids is 1. The molecule has 0 amide bonds. The number of methoxy groups -OCH3 is 1. The summed E-state index contributed by atoms with van der Waals surface area (Å²) in [7, 11) is 1.37. The van der Waals surface area contributed by atoms with E-state index in [1.54, 1.807) is 0 Å². The zero-order valence-electron chi connectivity index (χ0n) is 10.2. The monoisotopic (exact) mass is 239 g/mol. The Kier molecular flexibility index (Phi) is 2.56. The van der Waals surface area contributed by atoms with Crippen LogP contribution in [0.3, 0.4) is 0 Å². The van der Waals surface area contributed by atoms with Crippen molar-refractivity contribution in [3.63, 3.8) is 0 Å². The van der Waals surface area contributed by atoms with Crippen molar-refractivity contribution in [2.24, 2.45) is 17.3 Å². The van der Waals surface area contributed by atoms with Gasteiger partial charge < -0.3 is 14.9 Å². The van der Waals surface area contributed by atoms with Crippen LogP contribution in [0.4, 0.5) is 0 Å². The lowest BCUT2D eigenvalue weighted by Crippen LogP contribution is -2.08.